The van der Waals surface area contributed by atoms with Crippen molar-refractivity contribution in [3.8, 4) is 0 Å². The molecule has 2 fully saturated rings. The second-order valence-corrected chi connectivity index (χ2v) is 4.23. The van der Waals surface area contributed by atoms with Crippen molar-refractivity contribution in [1.29, 1.82) is 5.41 Å². The van der Waals surface area contributed by atoms with Gasteiger partial charge in [-0.05, 0) is 24.8 Å². The zero-order chi connectivity index (χ0) is 10.1. The zero-order valence-electron chi connectivity index (χ0n) is 8.88. The highest BCUT2D eigenvalue weighted by Gasteiger charge is 2.46. The van der Waals surface area contributed by atoms with E-state index in [4.69, 9.17) is 5.41 Å². The van der Waals surface area contributed by atoms with Crippen molar-refractivity contribution in [2.24, 2.45) is 5.92 Å². The number of hydrogen-bond donors (Lipinski definition) is 2. The first kappa shape index (κ1) is 9.66. The van der Waals surface area contributed by atoms with Crippen LogP contribution >= 0.6 is 0 Å². The minimum atomic E-state index is 0.534. The van der Waals surface area contributed by atoms with Crippen LogP contribution in [0.2, 0.25) is 0 Å². The summed E-state index contributed by atoms with van der Waals surface area (Å²) >= 11 is 0. The summed E-state index contributed by atoms with van der Waals surface area (Å²) in [7, 11) is 0. The zero-order valence-corrected chi connectivity index (χ0v) is 8.88. The Morgan fingerprint density at radius 3 is 3.07 bits per heavy atom. The molecule has 2 rings (SSSR count). The fraction of sp³-hybridized carbons (Fsp3) is 0.583. The van der Waals surface area contributed by atoms with E-state index in [1.807, 2.05) is 6.92 Å². The van der Waals surface area contributed by atoms with Crippen LogP contribution in [0.25, 0.3) is 0 Å². The summed E-state index contributed by atoms with van der Waals surface area (Å²) in [5.74, 6) is 0.534. The molecule has 0 radical (unpaired) electrons. The van der Waals surface area contributed by atoms with Gasteiger partial charge in [0.2, 0.25) is 0 Å². The van der Waals surface area contributed by atoms with Crippen molar-refractivity contribution >= 4 is 5.71 Å². The highest BCUT2D eigenvalue weighted by atomic mass is 15.2. The maximum Gasteiger partial charge on any atom is 0.0362 e. The molecule has 1 saturated carbocycles. The van der Waals surface area contributed by atoms with Crippen molar-refractivity contribution in [2.75, 3.05) is 0 Å². The Kier molecular flexibility index (Phi) is 2.55. The van der Waals surface area contributed by atoms with Gasteiger partial charge in [0.05, 0.1) is 0 Å². The Bertz CT molecular complexity index is 301. The Morgan fingerprint density at radius 2 is 2.36 bits per heavy atom. The van der Waals surface area contributed by atoms with E-state index in [9.17, 15) is 0 Å². The third-order valence-corrected chi connectivity index (χ3v) is 3.24. The molecule has 3 unspecified atom stereocenters. The summed E-state index contributed by atoms with van der Waals surface area (Å²) in [6.45, 7) is 4.26. The topological polar surface area (TPSA) is 45.8 Å². The van der Waals surface area contributed by atoms with Crippen LogP contribution in [0, 0.1) is 11.3 Å². The normalized spacial score (nSPS) is 39.1. The minimum absolute atomic E-state index is 0.534. The van der Waals surface area contributed by atoms with Gasteiger partial charge >= 0.3 is 0 Å². The molecule has 76 valence electrons. The van der Waals surface area contributed by atoms with Crippen molar-refractivity contribution in [3.05, 3.63) is 23.8 Å². The molecule has 1 aliphatic heterocycles. The first-order valence-electron chi connectivity index (χ1n) is 5.39. The van der Waals surface area contributed by atoms with Crippen LogP contribution < -0.4 is 5.32 Å². The smallest absolute Gasteiger partial charge is 0.0362 e. The number of allylic oxidation sites excluding steroid dienone is 3. The average molecular weight is 190 g/mol. The van der Waals surface area contributed by atoms with Gasteiger partial charge in [-0.3, -0.25) is 0 Å². The predicted octanol–water partition coefficient (Wildman–Crippen LogP) is 2.28. The molecular weight excluding hydrogens is 172 g/mol. The maximum absolute atomic E-state index is 7.94. The summed E-state index contributed by atoms with van der Waals surface area (Å²) in [5.41, 5.74) is 2.10. The Hall–Kier alpha value is -0.890. The van der Waals surface area contributed by atoms with E-state index in [1.54, 1.807) is 0 Å². The standard InChI is InChI=1S/C12H18N2/c1-3-4-5-6-9-8(2)12-11(14-12)7-10(9)13/h3-4,6,8,11-14H,5,7H2,1-2H3. The van der Waals surface area contributed by atoms with E-state index in [0.29, 0.717) is 18.0 Å². The average Bonchev–Trinajstić information content (AvgIpc) is 2.90. The molecule has 2 aliphatic rings. The van der Waals surface area contributed by atoms with Crippen LogP contribution in [0.15, 0.2) is 23.8 Å². The van der Waals surface area contributed by atoms with Crippen LogP contribution in [0.4, 0.5) is 0 Å². The lowest BCUT2D eigenvalue weighted by Gasteiger charge is -2.20. The molecule has 0 aromatic carbocycles. The third kappa shape index (κ3) is 1.67. The summed E-state index contributed by atoms with van der Waals surface area (Å²) < 4.78 is 0. The van der Waals surface area contributed by atoms with Crippen molar-refractivity contribution in [1.82, 2.24) is 5.32 Å². The number of fused-ring (bicyclic) bond motifs is 1. The quantitative estimate of drug-likeness (QED) is 0.509. The van der Waals surface area contributed by atoms with Gasteiger partial charge in [0.15, 0.2) is 0 Å². The van der Waals surface area contributed by atoms with E-state index >= 15 is 0 Å². The number of hydrogen-bond acceptors (Lipinski definition) is 2. The van der Waals surface area contributed by atoms with E-state index in [-0.39, 0.29) is 0 Å². The lowest BCUT2D eigenvalue weighted by atomic mass is 9.83. The molecule has 14 heavy (non-hydrogen) atoms. The number of rotatable bonds is 2. The first-order valence-corrected chi connectivity index (χ1v) is 5.39. The molecule has 1 heterocycles. The van der Waals surface area contributed by atoms with Crippen LogP contribution in [0.5, 0.6) is 0 Å². The molecule has 2 N–H and O–H groups in total. The molecule has 3 atom stereocenters. The van der Waals surface area contributed by atoms with Gasteiger partial charge in [0.1, 0.15) is 0 Å². The third-order valence-electron chi connectivity index (χ3n) is 3.24. The molecule has 0 aromatic heterocycles. The van der Waals surface area contributed by atoms with Crippen LogP contribution in [0.3, 0.4) is 0 Å². The lowest BCUT2D eigenvalue weighted by molar-refractivity contribution is 0.642. The van der Waals surface area contributed by atoms with E-state index in [2.05, 4.69) is 30.5 Å². The van der Waals surface area contributed by atoms with Crippen molar-refractivity contribution < 1.29 is 0 Å². The summed E-state index contributed by atoms with van der Waals surface area (Å²) in [6.07, 6.45) is 8.31. The van der Waals surface area contributed by atoms with E-state index in [0.717, 1.165) is 18.6 Å². The number of nitrogens with one attached hydrogen (secondary N) is 2. The molecular formula is C12H18N2. The summed E-state index contributed by atoms with van der Waals surface area (Å²) in [5, 5.41) is 11.4. The van der Waals surface area contributed by atoms with Crippen molar-refractivity contribution in [2.45, 2.75) is 38.8 Å². The first-order chi connectivity index (χ1) is 6.74. The molecule has 2 heteroatoms. The summed E-state index contributed by atoms with van der Waals surface area (Å²) in [4.78, 5) is 0. The van der Waals surface area contributed by atoms with Crippen LogP contribution in [-0.2, 0) is 0 Å². The molecule has 2 nitrogen and oxygen atoms in total. The summed E-state index contributed by atoms with van der Waals surface area (Å²) in [6, 6.07) is 1.26. The molecule has 0 bridgehead atoms. The SMILES string of the molecule is CC=CCC=C1C(=N)CC2NC2C1C. The fourth-order valence-corrected chi connectivity index (χ4v) is 2.32. The minimum Gasteiger partial charge on any atom is -0.307 e. The van der Waals surface area contributed by atoms with E-state index < -0.39 is 0 Å². The monoisotopic (exact) mass is 190 g/mol. The Labute approximate surface area is 85.6 Å². The van der Waals surface area contributed by atoms with Gasteiger partial charge < -0.3 is 10.7 Å². The molecule has 1 aliphatic carbocycles. The van der Waals surface area contributed by atoms with Crippen LogP contribution in [0.1, 0.15) is 26.7 Å². The van der Waals surface area contributed by atoms with Gasteiger partial charge in [-0.15, -0.1) is 0 Å². The second kappa shape index (κ2) is 3.70. The molecule has 0 spiro atoms. The highest BCUT2D eigenvalue weighted by molar-refractivity contribution is 6.00. The molecule has 0 aromatic rings. The van der Waals surface area contributed by atoms with Gasteiger partial charge in [0.25, 0.3) is 0 Å². The van der Waals surface area contributed by atoms with Gasteiger partial charge in [-0.2, -0.15) is 0 Å². The molecule has 0 amide bonds. The van der Waals surface area contributed by atoms with Gasteiger partial charge in [0, 0.05) is 24.2 Å². The van der Waals surface area contributed by atoms with Crippen LogP contribution in [-0.4, -0.2) is 17.8 Å². The Morgan fingerprint density at radius 1 is 1.57 bits per heavy atom. The molecule has 1 saturated heterocycles. The largest absolute Gasteiger partial charge is 0.307 e. The Balaban J connectivity index is 2.07. The van der Waals surface area contributed by atoms with E-state index in [1.165, 1.54) is 5.57 Å². The van der Waals surface area contributed by atoms with Gasteiger partial charge in [-0.25, -0.2) is 0 Å². The highest BCUT2D eigenvalue weighted by Crippen LogP contribution is 2.35. The second-order valence-electron chi connectivity index (χ2n) is 4.23. The maximum atomic E-state index is 7.94. The lowest BCUT2D eigenvalue weighted by Crippen LogP contribution is -2.23. The van der Waals surface area contributed by atoms with Gasteiger partial charge in [-0.1, -0.05) is 25.2 Å². The fourth-order valence-electron chi connectivity index (χ4n) is 2.32. The predicted molar refractivity (Wildman–Crippen MR) is 59.7 cm³/mol. The van der Waals surface area contributed by atoms with Crippen molar-refractivity contribution in [3.63, 3.8) is 0 Å².